The summed E-state index contributed by atoms with van der Waals surface area (Å²) in [5, 5.41) is 14.4. The van der Waals surface area contributed by atoms with Gasteiger partial charge in [-0.05, 0) is 36.4 Å². The molecule has 0 aliphatic heterocycles. The van der Waals surface area contributed by atoms with Gasteiger partial charge in [0.1, 0.15) is 5.40 Å². The van der Waals surface area contributed by atoms with Crippen LogP contribution in [0.15, 0.2) is 53.4 Å². The van der Waals surface area contributed by atoms with E-state index < -0.39 is 0 Å². The largest absolute Gasteiger partial charge is 0.301 e. The van der Waals surface area contributed by atoms with Gasteiger partial charge < -0.3 is 5.32 Å². The van der Waals surface area contributed by atoms with Gasteiger partial charge in [0.15, 0.2) is 5.13 Å². The molecule has 0 aliphatic carbocycles. The molecule has 0 radical (unpaired) electrons. The minimum atomic E-state index is -0.254. The molecule has 3 aromatic rings. The van der Waals surface area contributed by atoms with Crippen LogP contribution >= 0.6 is 23.1 Å². The van der Waals surface area contributed by atoms with Crippen molar-refractivity contribution in [3.05, 3.63) is 54.1 Å². The van der Waals surface area contributed by atoms with Crippen LogP contribution in [0.1, 0.15) is 18.4 Å². The molecule has 2 aromatic carbocycles. The lowest BCUT2D eigenvalue weighted by Gasteiger charge is -2.10. The Hall–Kier alpha value is -2.36. The van der Waals surface area contributed by atoms with Crippen molar-refractivity contribution in [2.45, 2.75) is 17.7 Å². The highest BCUT2D eigenvalue weighted by Crippen LogP contribution is 2.34. The summed E-state index contributed by atoms with van der Waals surface area (Å²) in [5.41, 5.74) is 1.75. The Labute approximate surface area is 142 Å². The summed E-state index contributed by atoms with van der Waals surface area (Å²) < 4.78 is 0.918. The van der Waals surface area contributed by atoms with E-state index in [9.17, 15) is 4.79 Å². The van der Waals surface area contributed by atoms with Gasteiger partial charge in [0.25, 0.3) is 0 Å². The second-order valence-electron chi connectivity index (χ2n) is 4.94. The Balaban J connectivity index is 1.83. The molecule has 0 bridgehead atoms. The Kier molecular flexibility index (Phi) is 4.60. The number of amides is 1. The number of nitriles is 1. The van der Waals surface area contributed by atoms with E-state index in [4.69, 9.17) is 5.26 Å². The molecule has 0 aliphatic rings. The Morgan fingerprint density at radius 1 is 1.26 bits per heavy atom. The number of benzene rings is 2. The van der Waals surface area contributed by atoms with Crippen molar-refractivity contribution in [1.82, 2.24) is 4.98 Å². The zero-order chi connectivity index (χ0) is 16.2. The van der Waals surface area contributed by atoms with Crippen molar-refractivity contribution in [2.75, 3.05) is 5.32 Å². The first-order chi connectivity index (χ1) is 11.2. The van der Waals surface area contributed by atoms with Crippen LogP contribution in [0.3, 0.4) is 0 Å². The summed E-state index contributed by atoms with van der Waals surface area (Å²) in [6.07, 6.45) is 0. The molecule has 4 nitrogen and oxygen atoms in total. The lowest BCUT2D eigenvalue weighted by Crippen LogP contribution is -2.18. The molecule has 0 unspecified atom stereocenters. The number of fused-ring (bicyclic) bond motifs is 1. The van der Waals surface area contributed by atoms with Crippen LogP contribution in [-0.4, -0.2) is 10.9 Å². The van der Waals surface area contributed by atoms with E-state index in [0.29, 0.717) is 5.13 Å². The predicted molar refractivity (Wildman–Crippen MR) is 94.6 cm³/mol. The van der Waals surface area contributed by atoms with Gasteiger partial charge in [-0.15, -0.1) is 0 Å². The average Bonchev–Trinajstić information content (AvgIpc) is 2.98. The second-order valence-corrected chi connectivity index (χ2v) is 6.76. The second kappa shape index (κ2) is 6.82. The van der Waals surface area contributed by atoms with Crippen LogP contribution < -0.4 is 5.32 Å². The average molecular weight is 339 g/mol. The van der Waals surface area contributed by atoms with E-state index in [0.717, 1.165) is 32.4 Å². The topological polar surface area (TPSA) is 65.8 Å². The van der Waals surface area contributed by atoms with Crippen LogP contribution in [0.4, 0.5) is 5.13 Å². The van der Waals surface area contributed by atoms with Gasteiger partial charge in [0.05, 0.1) is 16.1 Å². The maximum Gasteiger partial charge on any atom is 0.233 e. The van der Waals surface area contributed by atoms with Gasteiger partial charge in [0.2, 0.25) is 5.91 Å². The smallest absolute Gasteiger partial charge is 0.233 e. The summed E-state index contributed by atoms with van der Waals surface area (Å²) in [6, 6.07) is 15.3. The van der Waals surface area contributed by atoms with Gasteiger partial charge in [-0.1, -0.05) is 47.7 Å². The van der Waals surface area contributed by atoms with E-state index >= 15 is 0 Å². The maximum absolute atomic E-state index is 12.4. The van der Waals surface area contributed by atoms with Crippen LogP contribution in [0.25, 0.3) is 10.2 Å². The summed E-state index contributed by atoms with van der Waals surface area (Å²) in [4.78, 5) is 17.7. The maximum atomic E-state index is 12.4. The zero-order valence-corrected chi connectivity index (χ0v) is 13.9. The van der Waals surface area contributed by atoms with Gasteiger partial charge in [0, 0.05) is 4.90 Å². The van der Waals surface area contributed by atoms with Crippen LogP contribution in [0.2, 0.25) is 0 Å². The molecule has 23 heavy (non-hydrogen) atoms. The van der Waals surface area contributed by atoms with Crippen molar-refractivity contribution in [2.24, 2.45) is 0 Å². The van der Waals surface area contributed by atoms with Crippen molar-refractivity contribution in [3.63, 3.8) is 0 Å². The first-order valence-electron chi connectivity index (χ1n) is 7.00. The number of hydrogen-bond donors (Lipinski definition) is 1. The molecule has 114 valence electrons. The molecule has 1 atom stereocenters. The predicted octanol–water partition coefficient (Wildman–Crippen LogP) is 4.61. The number of nitrogens with one attached hydrogen (secondary N) is 1. The quantitative estimate of drug-likeness (QED) is 0.557. The molecule has 0 spiro atoms. The monoisotopic (exact) mass is 339 g/mol. The zero-order valence-electron chi connectivity index (χ0n) is 12.3. The third-order valence-corrected chi connectivity index (χ3v) is 5.26. The van der Waals surface area contributed by atoms with Crippen LogP contribution in [0.5, 0.6) is 0 Å². The van der Waals surface area contributed by atoms with E-state index in [1.54, 1.807) is 0 Å². The molecular weight excluding hydrogens is 326 g/mol. The molecule has 6 heteroatoms. The number of thioether (sulfide) groups is 1. The van der Waals surface area contributed by atoms with Crippen molar-refractivity contribution in [1.29, 1.82) is 5.26 Å². The first kappa shape index (κ1) is 15.5. The van der Waals surface area contributed by atoms with Crippen molar-refractivity contribution in [3.8, 4) is 5.40 Å². The number of nitrogens with zero attached hydrogens (tertiary/aromatic N) is 2. The van der Waals surface area contributed by atoms with Gasteiger partial charge >= 0.3 is 0 Å². The van der Waals surface area contributed by atoms with E-state index in [1.165, 1.54) is 11.3 Å². The standard InChI is InChI=1S/C17H13N3OS2/c1-11(12-6-3-2-4-7-12)16(21)20-17-19-13-8-5-9-14(22-10-18)15(13)23-17/h2-9,11H,1H3,(H,19,20,21)/t11-/m0/s1. The molecule has 0 fully saturated rings. The van der Waals surface area contributed by atoms with Gasteiger partial charge in [-0.25, -0.2) is 4.98 Å². The number of anilines is 1. The first-order valence-corrected chi connectivity index (χ1v) is 8.63. The van der Waals surface area contributed by atoms with Crippen LogP contribution in [0, 0.1) is 10.7 Å². The molecular formula is C17H13N3OS2. The highest BCUT2D eigenvalue weighted by atomic mass is 32.2. The highest BCUT2D eigenvalue weighted by molar-refractivity contribution is 8.04. The van der Waals surface area contributed by atoms with Crippen molar-refractivity contribution >= 4 is 44.4 Å². The minimum Gasteiger partial charge on any atom is -0.301 e. The third kappa shape index (κ3) is 3.36. The van der Waals surface area contributed by atoms with E-state index in [2.05, 4.69) is 15.7 Å². The number of aromatic nitrogens is 1. The fourth-order valence-electron chi connectivity index (χ4n) is 2.21. The SMILES string of the molecule is C[C@H](C(=O)Nc1nc2cccc(SC#N)c2s1)c1ccccc1. The van der Waals surface area contributed by atoms with Gasteiger partial charge in [-0.2, -0.15) is 5.26 Å². The molecule has 1 amide bonds. The fourth-order valence-corrected chi connectivity index (χ4v) is 3.78. The molecule has 0 saturated carbocycles. The normalized spacial score (nSPS) is 11.8. The highest BCUT2D eigenvalue weighted by Gasteiger charge is 2.17. The van der Waals surface area contributed by atoms with Crippen LogP contribution in [-0.2, 0) is 4.79 Å². The summed E-state index contributed by atoms with van der Waals surface area (Å²) in [7, 11) is 0. The lowest BCUT2D eigenvalue weighted by molar-refractivity contribution is -0.117. The fraction of sp³-hybridized carbons (Fsp3) is 0.118. The number of rotatable bonds is 4. The molecule has 1 heterocycles. The molecule has 0 saturated heterocycles. The van der Waals surface area contributed by atoms with Crippen molar-refractivity contribution < 1.29 is 4.79 Å². The van der Waals surface area contributed by atoms with E-state index in [1.807, 2.05) is 55.5 Å². The number of hydrogen-bond acceptors (Lipinski definition) is 5. The summed E-state index contributed by atoms with van der Waals surface area (Å²) in [5.74, 6) is -0.346. The number of carbonyl (C=O) groups is 1. The minimum absolute atomic E-state index is 0.0928. The summed E-state index contributed by atoms with van der Waals surface area (Å²) in [6.45, 7) is 1.87. The molecule has 3 rings (SSSR count). The molecule has 1 aromatic heterocycles. The number of thiazole rings is 1. The lowest BCUT2D eigenvalue weighted by atomic mass is 10.0. The summed E-state index contributed by atoms with van der Waals surface area (Å²) >= 11 is 2.49. The number of carbonyl (C=O) groups excluding carboxylic acids is 1. The molecule has 1 N–H and O–H groups in total. The van der Waals surface area contributed by atoms with Gasteiger partial charge in [-0.3, -0.25) is 4.79 Å². The Morgan fingerprint density at radius 2 is 2.04 bits per heavy atom. The third-order valence-electron chi connectivity index (χ3n) is 3.46. The van der Waals surface area contributed by atoms with E-state index in [-0.39, 0.29) is 11.8 Å². The Bertz CT molecular complexity index is 884. The Morgan fingerprint density at radius 3 is 2.78 bits per heavy atom. The number of thiocyanates is 1.